The standard InChI is InChI=1S/C25H25F2N7O4/c1-25(2,3)38-24(37)33-9-10-34(19(35)12-33)18-8-7-16(30-22(18)28)13-11-17(31-32-21(13)23(29)36)20-14(26)5-4-6-15(20)27/h4-8,11H,9-10,12H2,1-3H3,(H2,28,30)(H2,29,36). The monoisotopic (exact) mass is 525 g/mol. The maximum atomic E-state index is 14.3. The lowest BCUT2D eigenvalue weighted by Gasteiger charge is -2.35. The second-order valence-electron chi connectivity index (χ2n) is 9.50. The van der Waals surface area contributed by atoms with Crippen molar-refractivity contribution in [1.82, 2.24) is 20.1 Å². The van der Waals surface area contributed by atoms with Crippen LogP contribution in [0.5, 0.6) is 0 Å². The van der Waals surface area contributed by atoms with E-state index in [1.165, 1.54) is 34.1 Å². The number of hydrogen-bond donors (Lipinski definition) is 2. The molecule has 0 unspecified atom stereocenters. The number of piperazine rings is 1. The molecule has 0 aliphatic carbocycles. The molecule has 11 nitrogen and oxygen atoms in total. The van der Waals surface area contributed by atoms with Crippen molar-refractivity contribution < 1.29 is 27.9 Å². The van der Waals surface area contributed by atoms with Crippen LogP contribution in [0.3, 0.4) is 0 Å². The van der Waals surface area contributed by atoms with Crippen LogP contribution in [0.15, 0.2) is 36.4 Å². The Kier molecular flexibility index (Phi) is 6.94. The summed E-state index contributed by atoms with van der Waals surface area (Å²) in [7, 11) is 0. The van der Waals surface area contributed by atoms with Gasteiger partial charge in [0, 0.05) is 18.7 Å². The normalized spacial score (nSPS) is 14.0. The molecule has 1 fully saturated rings. The number of carbonyl (C=O) groups excluding carboxylic acids is 3. The highest BCUT2D eigenvalue weighted by atomic mass is 19.1. The molecule has 38 heavy (non-hydrogen) atoms. The molecule has 2 aromatic heterocycles. The summed E-state index contributed by atoms with van der Waals surface area (Å²) in [5, 5.41) is 7.52. The molecule has 198 valence electrons. The quantitative estimate of drug-likeness (QED) is 0.526. The molecular weight excluding hydrogens is 500 g/mol. The number of ether oxygens (including phenoxy) is 1. The largest absolute Gasteiger partial charge is 0.444 e. The first-order valence-corrected chi connectivity index (χ1v) is 11.5. The molecule has 3 aromatic rings. The Morgan fingerprint density at radius 2 is 1.71 bits per heavy atom. The van der Waals surface area contributed by atoms with E-state index in [2.05, 4.69) is 15.2 Å². The summed E-state index contributed by atoms with van der Waals surface area (Å²) in [6, 6.07) is 7.53. The number of carbonyl (C=O) groups is 3. The predicted molar refractivity (Wildman–Crippen MR) is 134 cm³/mol. The van der Waals surface area contributed by atoms with Crippen LogP contribution in [-0.2, 0) is 9.53 Å². The van der Waals surface area contributed by atoms with Gasteiger partial charge in [0.05, 0.1) is 22.6 Å². The summed E-state index contributed by atoms with van der Waals surface area (Å²) < 4.78 is 34.0. The molecule has 1 saturated heterocycles. The number of rotatable bonds is 4. The van der Waals surface area contributed by atoms with Crippen molar-refractivity contribution in [3.63, 3.8) is 0 Å². The molecule has 4 rings (SSSR count). The zero-order chi connectivity index (χ0) is 27.8. The topological polar surface area (TPSA) is 158 Å². The number of amides is 3. The lowest BCUT2D eigenvalue weighted by atomic mass is 10.0. The highest BCUT2D eigenvalue weighted by molar-refractivity contribution is 6.00. The van der Waals surface area contributed by atoms with Crippen LogP contribution >= 0.6 is 0 Å². The molecule has 13 heteroatoms. The first-order valence-electron chi connectivity index (χ1n) is 11.5. The Labute approximate surface area is 216 Å². The van der Waals surface area contributed by atoms with Gasteiger partial charge in [-0.2, -0.15) is 0 Å². The molecule has 0 radical (unpaired) electrons. The molecule has 3 heterocycles. The molecule has 1 aromatic carbocycles. The fourth-order valence-corrected chi connectivity index (χ4v) is 3.89. The smallest absolute Gasteiger partial charge is 0.410 e. The zero-order valence-electron chi connectivity index (χ0n) is 20.9. The Morgan fingerprint density at radius 3 is 2.29 bits per heavy atom. The summed E-state index contributed by atoms with van der Waals surface area (Å²) in [5.41, 5.74) is 10.4. The number of primary amides is 1. The summed E-state index contributed by atoms with van der Waals surface area (Å²) in [5.74, 6) is -3.14. The number of nitrogens with two attached hydrogens (primary N) is 2. The van der Waals surface area contributed by atoms with Gasteiger partial charge in [0.1, 0.15) is 29.6 Å². The van der Waals surface area contributed by atoms with E-state index in [0.29, 0.717) is 0 Å². The third-order valence-corrected chi connectivity index (χ3v) is 5.59. The van der Waals surface area contributed by atoms with Gasteiger partial charge >= 0.3 is 6.09 Å². The molecule has 0 spiro atoms. The van der Waals surface area contributed by atoms with Gasteiger partial charge in [0.2, 0.25) is 5.91 Å². The first kappa shape index (κ1) is 26.4. The van der Waals surface area contributed by atoms with E-state index in [1.54, 1.807) is 20.8 Å². The fraction of sp³-hybridized carbons (Fsp3) is 0.280. The minimum absolute atomic E-state index is 0.0458. The predicted octanol–water partition coefficient (Wildman–Crippen LogP) is 2.75. The number of pyridine rings is 1. The van der Waals surface area contributed by atoms with Crippen molar-refractivity contribution in [2.75, 3.05) is 30.3 Å². The van der Waals surface area contributed by atoms with Crippen molar-refractivity contribution in [2.45, 2.75) is 26.4 Å². The van der Waals surface area contributed by atoms with Crippen molar-refractivity contribution in [1.29, 1.82) is 0 Å². The molecule has 3 amide bonds. The van der Waals surface area contributed by atoms with Gasteiger partial charge in [0.15, 0.2) is 5.69 Å². The summed E-state index contributed by atoms with van der Waals surface area (Å²) in [6.07, 6.45) is -0.599. The molecule has 0 saturated carbocycles. The number of benzene rings is 1. The Balaban J connectivity index is 1.64. The van der Waals surface area contributed by atoms with Crippen LogP contribution < -0.4 is 16.4 Å². The van der Waals surface area contributed by atoms with E-state index in [4.69, 9.17) is 16.2 Å². The van der Waals surface area contributed by atoms with Crippen molar-refractivity contribution in [2.24, 2.45) is 5.73 Å². The maximum Gasteiger partial charge on any atom is 0.410 e. The molecule has 1 aliphatic rings. The van der Waals surface area contributed by atoms with Crippen LogP contribution in [0.25, 0.3) is 22.5 Å². The Hall–Kier alpha value is -4.68. The fourth-order valence-electron chi connectivity index (χ4n) is 3.89. The van der Waals surface area contributed by atoms with Crippen molar-refractivity contribution in [3.05, 3.63) is 53.7 Å². The van der Waals surface area contributed by atoms with E-state index < -0.39 is 40.7 Å². The molecule has 0 bridgehead atoms. The van der Waals surface area contributed by atoms with Crippen LogP contribution in [0.2, 0.25) is 0 Å². The summed E-state index contributed by atoms with van der Waals surface area (Å²) >= 11 is 0. The van der Waals surface area contributed by atoms with Crippen LogP contribution in [0.4, 0.5) is 25.1 Å². The molecule has 1 aliphatic heterocycles. The maximum absolute atomic E-state index is 14.3. The van der Waals surface area contributed by atoms with E-state index in [-0.39, 0.29) is 53.8 Å². The van der Waals surface area contributed by atoms with E-state index >= 15 is 0 Å². The third-order valence-electron chi connectivity index (χ3n) is 5.59. The average molecular weight is 526 g/mol. The van der Waals surface area contributed by atoms with Gasteiger partial charge < -0.3 is 21.1 Å². The van der Waals surface area contributed by atoms with Gasteiger partial charge in [-0.05, 0) is 51.1 Å². The minimum atomic E-state index is -0.939. The number of nitrogens with zero attached hydrogens (tertiary/aromatic N) is 5. The number of anilines is 2. The summed E-state index contributed by atoms with van der Waals surface area (Å²) in [4.78, 5) is 44.1. The highest BCUT2D eigenvalue weighted by Gasteiger charge is 2.32. The zero-order valence-corrected chi connectivity index (χ0v) is 20.9. The SMILES string of the molecule is CC(C)(C)OC(=O)N1CCN(c2ccc(-c3cc(-c4c(F)cccc4F)nnc3C(N)=O)nc2N)C(=O)C1. The first-order chi connectivity index (χ1) is 17.9. The van der Waals surface area contributed by atoms with E-state index in [9.17, 15) is 23.2 Å². The van der Waals surface area contributed by atoms with E-state index in [0.717, 1.165) is 12.1 Å². The second-order valence-corrected chi connectivity index (χ2v) is 9.50. The lowest BCUT2D eigenvalue weighted by molar-refractivity contribution is -0.121. The van der Waals surface area contributed by atoms with Crippen LogP contribution in [0.1, 0.15) is 31.3 Å². The number of aromatic nitrogens is 3. The number of halogens is 2. The third kappa shape index (κ3) is 5.36. The average Bonchev–Trinajstić information content (AvgIpc) is 2.83. The van der Waals surface area contributed by atoms with Crippen molar-refractivity contribution in [3.8, 4) is 22.5 Å². The van der Waals surface area contributed by atoms with Gasteiger partial charge in [-0.15, -0.1) is 10.2 Å². The Bertz CT molecular complexity index is 1420. The van der Waals surface area contributed by atoms with Gasteiger partial charge in [-0.25, -0.2) is 18.6 Å². The number of hydrogen-bond acceptors (Lipinski definition) is 8. The van der Waals surface area contributed by atoms with Crippen molar-refractivity contribution >= 4 is 29.4 Å². The molecule has 4 N–H and O–H groups in total. The van der Waals surface area contributed by atoms with Crippen LogP contribution in [-0.4, -0.2) is 63.2 Å². The van der Waals surface area contributed by atoms with E-state index in [1.807, 2.05) is 0 Å². The van der Waals surface area contributed by atoms with Crippen LogP contribution in [0, 0.1) is 11.6 Å². The minimum Gasteiger partial charge on any atom is -0.444 e. The van der Waals surface area contributed by atoms with Gasteiger partial charge in [-0.3, -0.25) is 14.5 Å². The summed E-state index contributed by atoms with van der Waals surface area (Å²) in [6.45, 7) is 5.33. The second kappa shape index (κ2) is 10.00. The number of nitrogen functional groups attached to an aromatic ring is 1. The van der Waals surface area contributed by atoms with Gasteiger partial charge in [-0.1, -0.05) is 6.07 Å². The molecular formula is C25H25F2N7O4. The van der Waals surface area contributed by atoms with Gasteiger partial charge in [0.25, 0.3) is 5.91 Å². The lowest BCUT2D eigenvalue weighted by Crippen LogP contribution is -2.53. The Morgan fingerprint density at radius 1 is 1.03 bits per heavy atom. The highest BCUT2D eigenvalue weighted by Crippen LogP contribution is 2.32. The molecule has 0 atom stereocenters.